The van der Waals surface area contributed by atoms with E-state index in [-0.39, 0.29) is 0 Å². The Bertz CT molecular complexity index is 361. The van der Waals surface area contributed by atoms with Gasteiger partial charge in [-0.1, -0.05) is 13.8 Å². The standard InChI is InChI=1S/C13H24BrN3S/c1-5-16(6-2)8-9-18-10-12-13(14)11(4)15-17(12)7-3/h5-10H2,1-4H3. The summed E-state index contributed by atoms with van der Waals surface area (Å²) in [4.78, 5) is 2.46. The van der Waals surface area contributed by atoms with Gasteiger partial charge in [-0.15, -0.1) is 0 Å². The van der Waals surface area contributed by atoms with E-state index in [4.69, 9.17) is 0 Å². The molecule has 1 aromatic heterocycles. The normalized spacial score (nSPS) is 11.4. The lowest BCUT2D eigenvalue weighted by Crippen LogP contribution is -2.25. The summed E-state index contributed by atoms with van der Waals surface area (Å²) in [5, 5.41) is 4.52. The van der Waals surface area contributed by atoms with E-state index < -0.39 is 0 Å². The summed E-state index contributed by atoms with van der Waals surface area (Å²) >= 11 is 5.63. The quantitative estimate of drug-likeness (QED) is 0.679. The van der Waals surface area contributed by atoms with E-state index in [9.17, 15) is 0 Å². The number of aryl methyl sites for hydroxylation is 2. The average Bonchev–Trinajstić information content (AvgIpc) is 2.66. The molecule has 0 atom stereocenters. The summed E-state index contributed by atoms with van der Waals surface area (Å²) in [6, 6.07) is 0. The van der Waals surface area contributed by atoms with Gasteiger partial charge < -0.3 is 4.90 Å². The van der Waals surface area contributed by atoms with Crippen LogP contribution in [0.4, 0.5) is 0 Å². The lowest BCUT2D eigenvalue weighted by Gasteiger charge is -2.17. The molecule has 1 aromatic rings. The van der Waals surface area contributed by atoms with Crippen LogP contribution in [0.3, 0.4) is 0 Å². The van der Waals surface area contributed by atoms with Gasteiger partial charge in [0.15, 0.2) is 0 Å². The van der Waals surface area contributed by atoms with Crippen molar-refractivity contribution < 1.29 is 0 Å². The minimum absolute atomic E-state index is 0.943. The molecule has 0 saturated heterocycles. The SMILES string of the molecule is CCN(CC)CCSCc1c(Br)c(C)nn1CC. The number of aromatic nitrogens is 2. The molecule has 18 heavy (non-hydrogen) atoms. The fraction of sp³-hybridized carbons (Fsp3) is 0.769. The van der Waals surface area contributed by atoms with Gasteiger partial charge >= 0.3 is 0 Å². The van der Waals surface area contributed by atoms with Gasteiger partial charge in [-0.3, -0.25) is 4.68 Å². The van der Waals surface area contributed by atoms with Gasteiger partial charge in [0, 0.05) is 24.6 Å². The Morgan fingerprint density at radius 1 is 1.28 bits per heavy atom. The molecule has 0 unspecified atom stereocenters. The van der Waals surface area contributed by atoms with Crippen molar-refractivity contribution in [2.75, 3.05) is 25.4 Å². The summed E-state index contributed by atoms with van der Waals surface area (Å²) < 4.78 is 3.28. The van der Waals surface area contributed by atoms with E-state index >= 15 is 0 Å². The van der Waals surface area contributed by atoms with Crippen LogP contribution >= 0.6 is 27.7 Å². The van der Waals surface area contributed by atoms with Crippen molar-refractivity contribution in [3.8, 4) is 0 Å². The molecule has 5 heteroatoms. The molecule has 1 rings (SSSR count). The zero-order chi connectivity index (χ0) is 13.5. The fourth-order valence-corrected chi connectivity index (χ4v) is 3.54. The fourth-order valence-electron chi connectivity index (χ4n) is 1.91. The van der Waals surface area contributed by atoms with Gasteiger partial charge in [0.25, 0.3) is 0 Å². The van der Waals surface area contributed by atoms with Crippen molar-refractivity contribution >= 4 is 27.7 Å². The van der Waals surface area contributed by atoms with Gasteiger partial charge in [0.05, 0.1) is 15.9 Å². The molecule has 0 spiro atoms. The molecule has 0 aliphatic heterocycles. The minimum Gasteiger partial charge on any atom is -0.303 e. The number of hydrogen-bond donors (Lipinski definition) is 0. The summed E-state index contributed by atoms with van der Waals surface area (Å²) in [6.45, 7) is 13.1. The number of rotatable bonds is 8. The molecule has 0 saturated carbocycles. The second kappa shape index (κ2) is 8.23. The molecule has 0 aromatic carbocycles. The smallest absolute Gasteiger partial charge is 0.0739 e. The predicted molar refractivity (Wildman–Crippen MR) is 84.3 cm³/mol. The Labute approximate surface area is 123 Å². The summed E-state index contributed by atoms with van der Waals surface area (Å²) in [5.74, 6) is 2.22. The topological polar surface area (TPSA) is 21.1 Å². The van der Waals surface area contributed by atoms with Crippen LogP contribution in [0.25, 0.3) is 0 Å². The monoisotopic (exact) mass is 333 g/mol. The Morgan fingerprint density at radius 2 is 1.94 bits per heavy atom. The van der Waals surface area contributed by atoms with Crippen molar-refractivity contribution in [2.24, 2.45) is 0 Å². The highest BCUT2D eigenvalue weighted by molar-refractivity contribution is 9.10. The molecular weight excluding hydrogens is 310 g/mol. The lowest BCUT2D eigenvalue weighted by molar-refractivity contribution is 0.324. The first-order valence-electron chi connectivity index (χ1n) is 6.65. The predicted octanol–water partition coefficient (Wildman–Crippen LogP) is 3.55. The molecular formula is C13H24BrN3S. The zero-order valence-corrected chi connectivity index (χ0v) is 14.3. The molecule has 0 bridgehead atoms. The van der Waals surface area contributed by atoms with Crippen LogP contribution in [0, 0.1) is 6.92 Å². The maximum atomic E-state index is 4.52. The van der Waals surface area contributed by atoms with Gasteiger partial charge in [0.2, 0.25) is 0 Å². The molecule has 3 nitrogen and oxygen atoms in total. The first-order valence-corrected chi connectivity index (χ1v) is 8.60. The second-order valence-corrected chi connectivity index (χ2v) is 6.14. The van der Waals surface area contributed by atoms with Crippen LogP contribution in [-0.2, 0) is 12.3 Å². The van der Waals surface area contributed by atoms with Crippen molar-refractivity contribution in [2.45, 2.75) is 40.0 Å². The van der Waals surface area contributed by atoms with Crippen LogP contribution in [-0.4, -0.2) is 40.1 Å². The maximum Gasteiger partial charge on any atom is 0.0739 e. The van der Waals surface area contributed by atoms with E-state index in [1.165, 1.54) is 22.5 Å². The summed E-state index contributed by atoms with van der Waals surface area (Å²) in [6.07, 6.45) is 0. The van der Waals surface area contributed by atoms with Gasteiger partial charge in [-0.25, -0.2) is 0 Å². The number of thioether (sulfide) groups is 1. The Morgan fingerprint density at radius 3 is 2.50 bits per heavy atom. The van der Waals surface area contributed by atoms with Crippen molar-refractivity contribution in [3.05, 3.63) is 15.9 Å². The van der Waals surface area contributed by atoms with Crippen molar-refractivity contribution in [1.29, 1.82) is 0 Å². The summed E-state index contributed by atoms with van der Waals surface area (Å²) in [7, 11) is 0. The number of halogens is 1. The molecule has 0 aliphatic rings. The van der Waals surface area contributed by atoms with Gasteiger partial charge in [0.1, 0.15) is 0 Å². The third-order valence-electron chi connectivity index (χ3n) is 3.14. The van der Waals surface area contributed by atoms with Gasteiger partial charge in [-0.2, -0.15) is 16.9 Å². The van der Waals surface area contributed by atoms with E-state index in [1.807, 2.05) is 11.8 Å². The molecule has 104 valence electrons. The van der Waals surface area contributed by atoms with E-state index in [0.717, 1.165) is 31.1 Å². The summed E-state index contributed by atoms with van der Waals surface area (Å²) in [5.41, 5.74) is 2.41. The average molecular weight is 334 g/mol. The Kier molecular flexibility index (Phi) is 7.34. The highest BCUT2D eigenvalue weighted by atomic mass is 79.9. The highest BCUT2D eigenvalue weighted by Crippen LogP contribution is 2.25. The van der Waals surface area contributed by atoms with Gasteiger partial charge in [-0.05, 0) is 42.9 Å². The van der Waals surface area contributed by atoms with E-state index in [0.29, 0.717) is 0 Å². The highest BCUT2D eigenvalue weighted by Gasteiger charge is 2.11. The van der Waals surface area contributed by atoms with E-state index in [1.54, 1.807) is 0 Å². The Hall–Kier alpha value is 0. The molecule has 0 amide bonds. The largest absolute Gasteiger partial charge is 0.303 e. The molecule has 0 radical (unpaired) electrons. The third kappa shape index (κ3) is 4.28. The molecule has 1 heterocycles. The first-order chi connectivity index (χ1) is 8.63. The second-order valence-electron chi connectivity index (χ2n) is 4.24. The van der Waals surface area contributed by atoms with Crippen molar-refractivity contribution in [1.82, 2.24) is 14.7 Å². The van der Waals surface area contributed by atoms with Crippen LogP contribution in [0.1, 0.15) is 32.2 Å². The van der Waals surface area contributed by atoms with Crippen molar-refractivity contribution in [3.63, 3.8) is 0 Å². The minimum atomic E-state index is 0.943. The lowest BCUT2D eigenvalue weighted by atomic mass is 10.4. The Balaban J connectivity index is 2.44. The molecule has 0 aliphatic carbocycles. The van der Waals surface area contributed by atoms with Crippen LogP contribution < -0.4 is 0 Å². The zero-order valence-electron chi connectivity index (χ0n) is 11.9. The molecule has 0 fully saturated rings. The number of hydrogen-bond acceptors (Lipinski definition) is 3. The van der Waals surface area contributed by atoms with Crippen LogP contribution in [0.15, 0.2) is 4.47 Å². The first kappa shape index (κ1) is 16.1. The maximum absolute atomic E-state index is 4.52. The third-order valence-corrected chi connectivity index (χ3v) is 5.12. The molecule has 0 N–H and O–H groups in total. The van der Waals surface area contributed by atoms with Crippen LogP contribution in [0.2, 0.25) is 0 Å². The van der Waals surface area contributed by atoms with E-state index in [2.05, 4.69) is 58.3 Å². The number of nitrogens with zero attached hydrogens (tertiary/aromatic N) is 3. The van der Waals surface area contributed by atoms with Crippen LogP contribution in [0.5, 0.6) is 0 Å².